The molecule has 0 atom stereocenters. The maximum absolute atomic E-state index is 5.62. The van der Waals surface area contributed by atoms with Crippen LogP contribution < -0.4 is 10.6 Å². The number of nitrogens with zero attached hydrogens (tertiary/aromatic N) is 2. The van der Waals surface area contributed by atoms with Gasteiger partial charge in [-0.25, -0.2) is 0 Å². The smallest absolute Gasteiger partial charge is 0.191 e. The molecule has 0 aromatic heterocycles. The number of hydrogen-bond acceptors (Lipinski definition) is 3. The first-order valence-electron chi connectivity index (χ1n) is 8.51. The molecule has 0 aliphatic carbocycles. The Labute approximate surface area is 161 Å². The highest BCUT2D eigenvalue weighted by Gasteiger charge is 2.18. The topological polar surface area (TPSA) is 48.9 Å². The quantitative estimate of drug-likeness (QED) is 0.224. The molecule has 0 bridgehead atoms. The van der Waals surface area contributed by atoms with E-state index >= 15 is 0 Å². The van der Waals surface area contributed by atoms with Crippen molar-refractivity contribution in [1.82, 2.24) is 15.5 Å². The summed E-state index contributed by atoms with van der Waals surface area (Å²) in [5.74, 6) is 1.58. The van der Waals surface area contributed by atoms with E-state index in [9.17, 15) is 0 Å². The van der Waals surface area contributed by atoms with E-state index in [1.807, 2.05) is 0 Å². The second-order valence-electron chi connectivity index (χ2n) is 7.32. The summed E-state index contributed by atoms with van der Waals surface area (Å²) in [5.41, 5.74) is 0.166. The van der Waals surface area contributed by atoms with Crippen LogP contribution in [-0.4, -0.2) is 64.3 Å². The minimum Gasteiger partial charge on any atom is -0.380 e. The van der Waals surface area contributed by atoms with Gasteiger partial charge in [0.2, 0.25) is 0 Å². The van der Waals surface area contributed by atoms with Crippen LogP contribution in [0.2, 0.25) is 0 Å². The van der Waals surface area contributed by atoms with Crippen molar-refractivity contribution in [1.29, 1.82) is 0 Å². The van der Waals surface area contributed by atoms with Gasteiger partial charge in [0.25, 0.3) is 0 Å². The summed E-state index contributed by atoms with van der Waals surface area (Å²) in [5, 5.41) is 6.62. The van der Waals surface area contributed by atoms with Crippen molar-refractivity contribution in [2.75, 3.05) is 53.5 Å². The average Bonchev–Trinajstić information content (AvgIpc) is 2.38. The Morgan fingerprint density at radius 1 is 1.17 bits per heavy atom. The fourth-order valence-electron chi connectivity index (χ4n) is 2.20. The molecule has 0 saturated carbocycles. The van der Waals surface area contributed by atoms with Gasteiger partial charge in [-0.1, -0.05) is 27.7 Å². The SMILES string of the molecule is CCNC(=NCC(C)(C)CN(C)C)NCCOCCC(C)C.I. The minimum absolute atomic E-state index is 0. The number of ether oxygens (including phenoxy) is 1. The molecule has 0 saturated heterocycles. The van der Waals surface area contributed by atoms with Gasteiger partial charge in [0, 0.05) is 32.8 Å². The van der Waals surface area contributed by atoms with Gasteiger partial charge >= 0.3 is 0 Å². The largest absolute Gasteiger partial charge is 0.380 e. The monoisotopic (exact) mass is 442 g/mol. The fourth-order valence-corrected chi connectivity index (χ4v) is 2.20. The molecule has 6 heteroatoms. The molecule has 0 aromatic rings. The van der Waals surface area contributed by atoms with E-state index in [1.54, 1.807) is 0 Å². The number of guanidine groups is 1. The Hall–Kier alpha value is -0.0800. The molecule has 0 radical (unpaired) electrons. The maximum Gasteiger partial charge on any atom is 0.191 e. The van der Waals surface area contributed by atoms with Crippen molar-refractivity contribution >= 4 is 29.9 Å². The summed E-state index contributed by atoms with van der Waals surface area (Å²) in [4.78, 5) is 6.90. The van der Waals surface area contributed by atoms with Gasteiger partial charge in [-0.3, -0.25) is 4.99 Å². The van der Waals surface area contributed by atoms with E-state index in [2.05, 4.69) is 64.2 Å². The molecule has 0 amide bonds. The molecule has 5 nitrogen and oxygen atoms in total. The van der Waals surface area contributed by atoms with Crippen molar-refractivity contribution in [3.63, 3.8) is 0 Å². The van der Waals surface area contributed by atoms with Crippen LogP contribution in [-0.2, 0) is 4.74 Å². The Balaban J connectivity index is 0. The van der Waals surface area contributed by atoms with Crippen molar-refractivity contribution in [3.05, 3.63) is 0 Å². The molecular weight excluding hydrogens is 403 g/mol. The summed E-state index contributed by atoms with van der Waals surface area (Å²) in [7, 11) is 4.20. The Morgan fingerprint density at radius 2 is 1.83 bits per heavy atom. The van der Waals surface area contributed by atoms with E-state index in [0.29, 0.717) is 5.92 Å². The summed E-state index contributed by atoms with van der Waals surface area (Å²) >= 11 is 0. The second kappa shape index (κ2) is 14.3. The number of nitrogens with one attached hydrogen (secondary N) is 2. The Bertz CT molecular complexity index is 307. The van der Waals surface area contributed by atoms with Crippen molar-refractivity contribution in [2.45, 2.75) is 41.0 Å². The van der Waals surface area contributed by atoms with Gasteiger partial charge < -0.3 is 20.3 Å². The third-order valence-corrected chi connectivity index (χ3v) is 3.13. The highest BCUT2D eigenvalue weighted by molar-refractivity contribution is 14.0. The first-order valence-corrected chi connectivity index (χ1v) is 8.51. The van der Waals surface area contributed by atoms with Crippen LogP contribution in [0.5, 0.6) is 0 Å². The van der Waals surface area contributed by atoms with Crippen molar-refractivity contribution in [3.8, 4) is 0 Å². The van der Waals surface area contributed by atoms with Crippen LogP contribution in [0.1, 0.15) is 41.0 Å². The van der Waals surface area contributed by atoms with Gasteiger partial charge in [-0.2, -0.15) is 0 Å². The molecule has 0 spiro atoms. The second-order valence-corrected chi connectivity index (χ2v) is 7.32. The molecule has 23 heavy (non-hydrogen) atoms. The zero-order valence-electron chi connectivity index (χ0n) is 16.2. The lowest BCUT2D eigenvalue weighted by Gasteiger charge is -2.26. The summed E-state index contributed by atoms with van der Waals surface area (Å²) in [6.07, 6.45) is 1.12. The highest BCUT2D eigenvalue weighted by atomic mass is 127. The Kier molecular flexibility index (Phi) is 15.6. The first-order chi connectivity index (χ1) is 10.3. The number of halogens is 1. The maximum atomic E-state index is 5.62. The summed E-state index contributed by atoms with van der Waals surface area (Å²) in [6, 6.07) is 0. The molecule has 140 valence electrons. The standard InChI is InChI=1S/C17H38N4O.HI/c1-8-18-16(19-10-12-22-11-9-15(2)3)20-13-17(4,5)14-21(6)7;/h15H,8-14H2,1-7H3,(H2,18,19,20);1H. The number of aliphatic imine (C=N–C) groups is 1. The third kappa shape index (κ3) is 16.6. The van der Waals surface area contributed by atoms with Gasteiger partial charge in [0.15, 0.2) is 5.96 Å². The zero-order chi connectivity index (χ0) is 17.0. The van der Waals surface area contributed by atoms with Crippen LogP contribution in [0.25, 0.3) is 0 Å². The summed E-state index contributed by atoms with van der Waals surface area (Å²) < 4.78 is 5.62. The average molecular weight is 442 g/mol. The van der Waals surface area contributed by atoms with Gasteiger partial charge in [0.05, 0.1) is 6.61 Å². The van der Waals surface area contributed by atoms with Gasteiger partial charge in [-0.15, -0.1) is 24.0 Å². The molecule has 0 aliphatic heterocycles. The molecule has 2 N–H and O–H groups in total. The van der Waals surface area contributed by atoms with Crippen LogP contribution in [0.4, 0.5) is 0 Å². The zero-order valence-corrected chi connectivity index (χ0v) is 18.6. The van der Waals surface area contributed by atoms with Crippen LogP contribution in [0.3, 0.4) is 0 Å². The third-order valence-electron chi connectivity index (χ3n) is 3.13. The lowest BCUT2D eigenvalue weighted by Crippen LogP contribution is -2.40. The molecular formula is C17H39IN4O. The predicted octanol–water partition coefficient (Wildman–Crippen LogP) is 2.81. The number of hydrogen-bond donors (Lipinski definition) is 2. The van der Waals surface area contributed by atoms with E-state index in [4.69, 9.17) is 9.73 Å². The molecule has 0 fully saturated rings. The molecule has 0 rings (SSSR count). The molecule has 0 aromatic carbocycles. The van der Waals surface area contributed by atoms with E-state index < -0.39 is 0 Å². The van der Waals surface area contributed by atoms with Crippen molar-refractivity contribution < 1.29 is 4.74 Å². The normalized spacial score (nSPS) is 12.5. The molecule has 0 unspecified atom stereocenters. The summed E-state index contributed by atoms with van der Waals surface area (Å²) in [6.45, 7) is 16.0. The van der Waals surface area contributed by atoms with E-state index in [0.717, 1.165) is 51.8 Å². The van der Waals surface area contributed by atoms with Crippen molar-refractivity contribution in [2.24, 2.45) is 16.3 Å². The molecule has 0 heterocycles. The molecule has 0 aliphatic rings. The first kappa shape index (κ1) is 25.2. The lowest BCUT2D eigenvalue weighted by molar-refractivity contribution is 0.128. The van der Waals surface area contributed by atoms with Crippen LogP contribution in [0.15, 0.2) is 4.99 Å². The number of rotatable bonds is 11. The highest BCUT2D eigenvalue weighted by Crippen LogP contribution is 2.15. The van der Waals surface area contributed by atoms with Gasteiger partial charge in [0.1, 0.15) is 0 Å². The fraction of sp³-hybridized carbons (Fsp3) is 0.941. The minimum atomic E-state index is 0. The Morgan fingerprint density at radius 3 is 2.35 bits per heavy atom. The van der Waals surface area contributed by atoms with Crippen LogP contribution in [0, 0.1) is 11.3 Å². The lowest BCUT2D eigenvalue weighted by atomic mass is 9.93. The predicted molar refractivity (Wildman–Crippen MR) is 112 cm³/mol. The van der Waals surface area contributed by atoms with Crippen LogP contribution >= 0.6 is 24.0 Å². The van der Waals surface area contributed by atoms with Gasteiger partial charge in [-0.05, 0) is 38.8 Å². The van der Waals surface area contributed by atoms with E-state index in [-0.39, 0.29) is 29.4 Å². The van der Waals surface area contributed by atoms with E-state index in [1.165, 1.54) is 0 Å².